The first-order valence-electron chi connectivity index (χ1n) is 14.9. The number of fused-ring (bicyclic) bond motifs is 1. The Bertz CT molecular complexity index is 1670. The Morgan fingerprint density at radius 2 is 1.69 bits per heavy atom. The molecule has 13 heteroatoms. The van der Waals surface area contributed by atoms with Gasteiger partial charge in [-0.1, -0.05) is 24.6 Å². The number of nitrogens with zero attached hydrogens (tertiary/aromatic N) is 6. The number of aryl methyl sites for hydroxylation is 1. The van der Waals surface area contributed by atoms with Crippen LogP contribution in [0.4, 0.5) is 24.8 Å². The number of halogens is 3. The van der Waals surface area contributed by atoms with Crippen LogP contribution in [0.5, 0.6) is 5.75 Å². The van der Waals surface area contributed by atoms with Crippen LogP contribution in [0.15, 0.2) is 59.7 Å². The lowest BCUT2D eigenvalue weighted by molar-refractivity contribution is -0.138. The Hall–Kier alpha value is -4.68. The predicted molar refractivity (Wildman–Crippen MR) is 166 cm³/mol. The van der Waals surface area contributed by atoms with Crippen molar-refractivity contribution in [2.24, 2.45) is 0 Å². The van der Waals surface area contributed by atoms with Gasteiger partial charge in [-0.25, -0.2) is 15.0 Å². The number of hydrogen-bond acceptors (Lipinski definition) is 8. The van der Waals surface area contributed by atoms with Crippen LogP contribution in [0, 0.1) is 6.92 Å². The van der Waals surface area contributed by atoms with Crippen LogP contribution in [0.1, 0.15) is 42.6 Å². The van der Waals surface area contributed by atoms with E-state index in [-0.39, 0.29) is 17.4 Å². The molecule has 2 aromatic carbocycles. The quantitative estimate of drug-likeness (QED) is 0.236. The second-order valence-electron chi connectivity index (χ2n) is 11.0. The van der Waals surface area contributed by atoms with Crippen molar-refractivity contribution in [2.75, 3.05) is 50.1 Å². The third-order valence-electron chi connectivity index (χ3n) is 7.94. The molecule has 1 saturated heterocycles. The number of carbonyl (C=O) groups excluding carboxylic acids is 1. The molecule has 0 aliphatic carbocycles. The summed E-state index contributed by atoms with van der Waals surface area (Å²) in [6.45, 7) is 4.80. The summed E-state index contributed by atoms with van der Waals surface area (Å²) >= 11 is 0. The van der Waals surface area contributed by atoms with Crippen molar-refractivity contribution in [1.29, 1.82) is 0 Å². The van der Waals surface area contributed by atoms with Gasteiger partial charge < -0.3 is 19.9 Å². The molecular formula is C32H36F3N7O3. The van der Waals surface area contributed by atoms with Gasteiger partial charge in [-0.05, 0) is 49.6 Å². The van der Waals surface area contributed by atoms with Crippen molar-refractivity contribution < 1.29 is 22.7 Å². The van der Waals surface area contributed by atoms with Crippen LogP contribution in [-0.2, 0) is 17.5 Å². The predicted octanol–water partition coefficient (Wildman–Crippen LogP) is 4.89. The summed E-state index contributed by atoms with van der Waals surface area (Å²) in [6.07, 6.45) is -0.0380. The number of benzene rings is 2. The van der Waals surface area contributed by atoms with Gasteiger partial charge in [0.15, 0.2) is 0 Å². The number of alkyl halides is 3. The number of nitrogens with one attached hydrogen (secondary N) is 1. The molecule has 0 radical (unpaired) electrons. The number of amides is 1. The van der Waals surface area contributed by atoms with E-state index in [0.717, 1.165) is 48.7 Å². The lowest BCUT2D eigenvalue weighted by atomic mass is 10.1. The molecule has 0 atom stereocenters. The minimum Gasteiger partial charge on any atom is -0.497 e. The fourth-order valence-electron chi connectivity index (χ4n) is 5.34. The number of carbonyl (C=O) groups is 1. The molecule has 1 aliphatic rings. The number of unbranched alkanes of at least 4 members (excludes halogenated alkanes) is 2. The summed E-state index contributed by atoms with van der Waals surface area (Å²) in [4.78, 5) is 42.1. The molecule has 45 heavy (non-hydrogen) atoms. The van der Waals surface area contributed by atoms with Gasteiger partial charge in [0.2, 0.25) is 11.9 Å². The van der Waals surface area contributed by atoms with Crippen LogP contribution >= 0.6 is 0 Å². The first-order valence-corrected chi connectivity index (χ1v) is 14.9. The molecule has 1 N–H and O–H groups in total. The number of piperazine rings is 1. The van der Waals surface area contributed by atoms with Gasteiger partial charge in [0, 0.05) is 51.5 Å². The van der Waals surface area contributed by atoms with Crippen molar-refractivity contribution in [1.82, 2.24) is 24.4 Å². The van der Waals surface area contributed by atoms with Gasteiger partial charge >= 0.3 is 6.18 Å². The number of rotatable bonds is 11. The van der Waals surface area contributed by atoms with E-state index < -0.39 is 11.7 Å². The van der Waals surface area contributed by atoms with Crippen LogP contribution in [0.2, 0.25) is 0 Å². The van der Waals surface area contributed by atoms with Crippen LogP contribution in [-0.4, -0.2) is 70.2 Å². The Morgan fingerprint density at radius 1 is 0.978 bits per heavy atom. The smallest absolute Gasteiger partial charge is 0.419 e. The van der Waals surface area contributed by atoms with E-state index in [2.05, 4.69) is 15.3 Å². The third kappa shape index (κ3) is 7.70. The molecule has 0 spiro atoms. The number of methoxy groups -OCH3 is 1. The maximum Gasteiger partial charge on any atom is 0.419 e. The van der Waals surface area contributed by atoms with Gasteiger partial charge in [0.05, 0.1) is 30.3 Å². The standard InChI is InChI=1S/C32H36F3N7O3/c1-22-39-29-26(30(44)42(22)21-23-10-12-25(45-2)13-11-23)7-6-8-27(29)36-14-5-3-4-9-28(43)40-15-17-41(18-16-40)31-37-19-24(20-38-31)32(33,34)35/h6-8,10-13,19-20,36H,3-5,9,14-18,21H2,1-2H3. The zero-order chi connectivity index (χ0) is 32.0. The average Bonchev–Trinajstić information content (AvgIpc) is 3.04. The highest BCUT2D eigenvalue weighted by atomic mass is 19.4. The van der Waals surface area contributed by atoms with Gasteiger partial charge in [-0.15, -0.1) is 0 Å². The first-order chi connectivity index (χ1) is 21.6. The number of para-hydroxylation sites is 1. The second kappa shape index (κ2) is 14.0. The summed E-state index contributed by atoms with van der Waals surface area (Å²) in [6, 6.07) is 13.2. The lowest BCUT2D eigenvalue weighted by Crippen LogP contribution is -2.49. The zero-order valence-corrected chi connectivity index (χ0v) is 25.3. The van der Waals surface area contributed by atoms with Crippen molar-refractivity contribution in [3.05, 3.63) is 82.2 Å². The van der Waals surface area contributed by atoms with E-state index in [1.54, 1.807) is 27.5 Å². The summed E-state index contributed by atoms with van der Waals surface area (Å²) in [7, 11) is 1.62. The van der Waals surface area contributed by atoms with E-state index in [1.165, 1.54) is 0 Å². The maximum atomic E-state index is 13.4. The molecule has 1 amide bonds. The lowest BCUT2D eigenvalue weighted by Gasteiger charge is -2.34. The van der Waals surface area contributed by atoms with Crippen molar-refractivity contribution >= 4 is 28.4 Å². The molecule has 5 rings (SSSR count). The summed E-state index contributed by atoms with van der Waals surface area (Å²) in [5.41, 5.74) is 1.44. The molecule has 3 heterocycles. The largest absolute Gasteiger partial charge is 0.497 e. The summed E-state index contributed by atoms with van der Waals surface area (Å²) < 4.78 is 45.2. The Kier molecular flexibility index (Phi) is 9.84. The number of hydrogen-bond donors (Lipinski definition) is 1. The third-order valence-corrected chi connectivity index (χ3v) is 7.94. The van der Waals surface area contributed by atoms with Crippen molar-refractivity contribution in [3.8, 4) is 5.75 Å². The number of ether oxygens (including phenoxy) is 1. The van der Waals surface area contributed by atoms with Crippen LogP contribution in [0.3, 0.4) is 0 Å². The molecule has 1 aliphatic heterocycles. The van der Waals surface area contributed by atoms with Crippen LogP contribution < -0.4 is 20.5 Å². The Balaban J connectivity index is 1.06. The maximum absolute atomic E-state index is 13.4. The summed E-state index contributed by atoms with van der Waals surface area (Å²) in [5.74, 6) is 1.69. The van der Waals surface area contributed by atoms with Crippen LogP contribution in [0.25, 0.3) is 10.9 Å². The van der Waals surface area contributed by atoms with E-state index in [9.17, 15) is 22.8 Å². The number of anilines is 2. The number of aromatic nitrogens is 4. The highest BCUT2D eigenvalue weighted by Gasteiger charge is 2.32. The van der Waals surface area contributed by atoms with E-state index in [0.29, 0.717) is 62.4 Å². The monoisotopic (exact) mass is 623 g/mol. The second-order valence-corrected chi connectivity index (χ2v) is 11.0. The Morgan fingerprint density at radius 3 is 2.36 bits per heavy atom. The molecule has 1 fully saturated rings. The fourth-order valence-corrected chi connectivity index (χ4v) is 5.34. The molecule has 0 bridgehead atoms. The minimum atomic E-state index is -4.48. The van der Waals surface area contributed by atoms with Gasteiger partial charge in [0.1, 0.15) is 17.1 Å². The summed E-state index contributed by atoms with van der Waals surface area (Å²) in [5, 5.41) is 3.96. The SMILES string of the molecule is COc1ccc(Cn2c(C)nc3c(NCCCCCC(=O)N4CCN(c5ncc(C(F)(F)F)cn5)CC4)cccc3c2=O)cc1. The highest BCUT2D eigenvalue weighted by Crippen LogP contribution is 2.28. The normalized spacial score (nSPS) is 13.7. The molecule has 2 aromatic heterocycles. The van der Waals surface area contributed by atoms with Crippen molar-refractivity contribution in [3.63, 3.8) is 0 Å². The van der Waals surface area contributed by atoms with Crippen molar-refractivity contribution in [2.45, 2.75) is 45.3 Å². The van der Waals surface area contributed by atoms with Gasteiger partial charge in [-0.2, -0.15) is 13.2 Å². The average molecular weight is 624 g/mol. The molecular weight excluding hydrogens is 587 g/mol. The molecule has 0 unspecified atom stereocenters. The Labute approximate surface area is 258 Å². The van der Waals surface area contributed by atoms with E-state index in [1.807, 2.05) is 43.3 Å². The topological polar surface area (TPSA) is 105 Å². The molecule has 238 valence electrons. The van der Waals surface area contributed by atoms with E-state index in [4.69, 9.17) is 9.72 Å². The first kappa shape index (κ1) is 31.7. The molecule has 0 saturated carbocycles. The minimum absolute atomic E-state index is 0.0654. The molecule has 4 aromatic rings. The zero-order valence-electron chi connectivity index (χ0n) is 25.3. The van der Waals surface area contributed by atoms with Gasteiger partial charge in [0.25, 0.3) is 5.56 Å². The fraction of sp³-hybridized carbons (Fsp3) is 0.406. The molecule has 10 nitrogen and oxygen atoms in total. The van der Waals surface area contributed by atoms with E-state index >= 15 is 0 Å². The highest BCUT2D eigenvalue weighted by molar-refractivity contribution is 5.89. The van der Waals surface area contributed by atoms with Gasteiger partial charge in [-0.3, -0.25) is 14.2 Å².